The number of carbonyl (C=O) groups is 1. The van der Waals surface area contributed by atoms with Gasteiger partial charge in [-0.25, -0.2) is 15.6 Å². The van der Waals surface area contributed by atoms with Crippen LogP contribution in [0.2, 0.25) is 0 Å². The maximum absolute atomic E-state index is 10.7. The predicted molar refractivity (Wildman–Crippen MR) is 48.9 cm³/mol. The van der Waals surface area contributed by atoms with Crippen molar-refractivity contribution < 1.29 is 9.90 Å². The van der Waals surface area contributed by atoms with E-state index >= 15 is 0 Å². The Morgan fingerprint density at radius 2 is 2.23 bits per heavy atom. The number of nitrogens with two attached hydrogens (primary N) is 1. The highest BCUT2D eigenvalue weighted by atomic mass is 16.4. The van der Waals surface area contributed by atoms with E-state index in [2.05, 4.69) is 10.4 Å². The second kappa shape index (κ2) is 4.22. The summed E-state index contributed by atoms with van der Waals surface area (Å²) < 4.78 is 0. The molecule has 0 aromatic heterocycles. The summed E-state index contributed by atoms with van der Waals surface area (Å²) in [7, 11) is 0. The Labute approximate surface area is 74.9 Å². The Morgan fingerprint density at radius 3 is 2.85 bits per heavy atom. The first-order valence-corrected chi connectivity index (χ1v) is 3.56. The van der Waals surface area contributed by atoms with E-state index in [4.69, 9.17) is 10.9 Å². The molecule has 13 heavy (non-hydrogen) atoms. The lowest BCUT2D eigenvalue weighted by Gasteiger charge is -1.98. The van der Waals surface area contributed by atoms with Crippen molar-refractivity contribution in [3.05, 3.63) is 29.8 Å². The fourth-order valence-electron chi connectivity index (χ4n) is 0.874. The SMILES string of the molecule is NNC=Nc1ccccc1C(=O)O. The second-order valence-electron chi connectivity index (χ2n) is 2.25. The Morgan fingerprint density at radius 1 is 1.54 bits per heavy atom. The van der Waals surface area contributed by atoms with Gasteiger partial charge in [-0.3, -0.25) is 0 Å². The number of rotatable bonds is 3. The van der Waals surface area contributed by atoms with Crippen molar-refractivity contribution >= 4 is 18.0 Å². The van der Waals surface area contributed by atoms with Gasteiger partial charge in [0.15, 0.2) is 0 Å². The number of carboxylic acid groups (broad SMARTS) is 1. The first-order chi connectivity index (χ1) is 6.25. The minimum atomic E-state index is -1.01. The van der Waals surface area contributed by atoms with E-state index in [-0.39, 0.29) is 5.56 Å². The first-order valence-electron chi connectivity index (χ1n) is 3.56. The molecule has 0 aliphatic carbocycles. The molecule has 0 heterocycles. The monoisotopic (exact) mass is 179 g/mol. The number of para-hydroxylation sites is 1. The van der Waals surface area contributed by atoms with Crippen molar-refractivity contribution in [1.82, 2.24) is 5.43 Å². The van der Waals surface area contributed by atoms with Crippen LogP contribution in [0.5, 0.6) is 0 Å². The van der Waals surface area contributed by atoms with E-state index in [1.54, 1.807) is 18.2 Å². The average Bonchev–Trinajstić information content (AvgIpc) is 2.15. The van der Waals surface area contributed by atoms with E-state index in [0.29, 0.717) is 5.69 Å². The number of aromatic carboxylic acids is 1. The van der Waals surface area contributed by atoms with Gasteiger partial charge in [0, 0.05) is 0 Å². The number of carboxylic acids is 1. The molecule has 0 unspecified atom stereocenters. The lowest BCUT2D eigenvalue weighted by atomic mass is 10.2. The van der Waals surface area contributed by atoms with Crippen LogP contribution in [0.1, 0.15) is 10.4 Å². The number of hydrogen-bond donors (Lipinski definition) is 3. The van der Waals surface area contributed by atoms with Crippen molar-refractivity contribution in [3.63, 3.8) is 0 Å². The number of aliphatic imine (C=N–C) groups is 1. The molecule has 0 radical (unpaired) electrons. The van der Waals surface area contributed by atoms with Crippen molar-refractivity contribution in [2.24, 2.45) is 10.8 Å². The minimum Gasteiger partial charge on any atom is -0.478 e. The largest absolute Gasteiger partial charge is 0.478 e. The molecular formula is C8H9N3O2. The highest BCUT2D eigenvalue weighted by molar-refractivity contribution is 5.93. The molecule has 0 saturated carbocycles. The smallest absolute Gasteiger partial charge is 0.337 e. The molecule has 0 fully saturated rings. The van der Waals surface area contributed by atoms with E-state index < -0.39 is 5.97 Å². The second-order valence-corrected chi connectivity index (χ2v) is 2.25. The minimum absolute atomic E-state index is 0.147. The van der Waals surface area contributed by atoms with Gasteiger partial charge in [-0.05, 0) is 12.1 Å². The zero-order chi connectivity index (χ0) is 9.68. The van der Waals surface area contributed by atoms with E-state index in [1.807, 2.05) is 0 Å². The summed E-state index contributed by atoms with van der Waals surface area (Å²) in [4.78, 5) is 14.5. The van der Waals surface area contributed by atoms with Crippen LogP contribution in [0, 0.1) is 0 Å². The average molecular weight is 179 g/mol. The van der Waals surface area contributed by atoms with Crippen molar-refractivity contribution in [2.45, 2.75) is 0 Å². The van der Waals surface area contributed by atoms with E-state index in [0.717, 1.165) is 0 Å². The molecule has 0 saturated heterocycles. The maximum atomic E-state index is 10.7. The standard InChI is InChI=1S/C8H9N3O2/c9-11-5-10-7-4-2-1-3-6(7)8(12)13/h1-5H,9H2,(H,10,11)(H,12,13). The quantitative estimate of drug-likeness (QED) is 0.273. The van der Waals surface area contributed by atoms with Crippen LogP contribution in [-0.4, -0.2) is 17.4 Å². The predicted octanol–water partition coefficient (Wildman–Crippen LogP) is 0.508. The molecule has 0 aliphatic rings. The van der Waals surface area contributed by atoms with E-state index in [9.17, 15) is 4.79 Å². The number of nitrogens with one attached hydrogen (secondary N) is 1. The third-order valence-corrected chi connectivity index (χ3v) is 1.41. The number of hydrogen-bond acceptors (Lipinski definition) is 3. The molecule has 5 heteroatoms. The molecule has 1 rings (SSSR count). The van der Waals surface area contributed by atoms with Crippen molar-refractivity contribution in [2.75, 3.05) is 0 Å². The molecule has 0 atom stereocenters. The zero-order valence-corrected chi connectivity index (χ0v) is 6.77. The fourth-order valence-corrected chi connectivity index (χ4v) is 0.874. The molecule has 5 nitrogen and oxygen atoms in total. The highest BCUT2D eigenvalue weighted by Crippen LogP contribution is 2.17. The Bertz CT molecular complexity index is 336. The van der Waals surface area contributed by atoms with Gasteiger partial charge in [0.05, 0.1) is 11.3 Å². The molecule has 0 spiro atoms. The van der Waals surface area contributed by atoms with Crippen LogP contribution in [0.3, 0.4) is 0 Å². The maximum Gasteiger partial charge on any atom is 0.337 e. The van der Waals surface area contributed by atoms with E-state index in [1.165, 1.54) is 12.4 Å². The Hall–Kier alpha value is -1.88. The van der Waals surface area contributed by atoms with Gasteiger partial charge in [0.1, 0.15) is 6.34 Å². The fraction of sp³-hybridized carbons (Fsp3) is 0. The van der Waals surface area contributed by atoms with Gasteiger partial charge < -0.3 is 10.5 Å². The summed E-state index contributed by atoms with van der Waals surface area (Å²) in [5, 5.41) is 8.74. The third-order valence-electron chi connectivity index (χ3n) is 1.41. The number of nitrogens with zero attached hydrogens (tertiary/aromatic N) is 1. The van der Waals surface area contributed by atoms with Crippen LogP contribution >= 0.6 is 0 Å². The topological polar surface area (TPSA) is 87.7 Å². The van der Waals surface area contributed by atoms with Gasteiger partial charge in [0.25, 0.3) is 0 Å². The molecule has 68 valence electrons. The van der Waals surface area contributed by atoms with Crippen LogP contribution < -0.4 is 11.3 Å². The normalized spacial score (nSPS) is 10.2. The first kappa shape index (κ1) is 9.21. The molecule has 4 N–H and O–H groups in total. The molecule has 0 aliphatic heterocycles. The Kier molecular flexibility index (Phi) is 2.99. The third kappa shape index (κ3) is 2.28. The Balaban J connectivity index is 3.05. The summed E-state index contributed by atoms with van der Waals surface area (Å²) >= 11 is 0. The molecule has 1 aromatic carbocycles. The number of hydrazine groups is 1. The van der Waals surface area contributed by atoms with Gasteiger partial charge in [-0.1, -0.05) is 12.1 Å². The lowest BCUT2D eigenvalue weighted by molar-refractivity contribution is 0.0698. The summed E-state index contributed by atoms with van der Waals surface area (Å²) in [5.41, 5.74) is 2.71. The molecule has 1 aromatic rings. The zero-order valence-electron chi connectivity index (χ0n) is 6.77. The van der Waals surface area contributed by atoms with Crippen LogP contribution in [0.25, 0.3) is 0 Å². The number of benzene rings is 1. The van der Waals surface area contributed by atoms with Gasteiger partial charge >= 0.3 is 5.97 Å². The summed E-state index contributed by atoms with van der Waals surface area (Å²) in [6.07, 6.45) is 1.22. The summed E-state index contributed by atoms with van der Waals surface area (Å²) in [6, 6.07) is 6.41. The van der Waals surface area contributed by atoms with Crippen LogP contribution in [-0.2, 0) is 0 Å². The summed E-state index contributed by atoms with van der Waals surface area (Å²) in [6.45, 7) is 0. The van der Waals surface area contributed by atoms with Crippen LogP contribution in [0.4, 0.5) is 5.69 Å². The van der Waals surface area contributed by atoms with Crippen molar-refractivity contribution in [3.8, 4) is 0 Å². The molecule has 0 bridgehead atoms. The van der Waals surface area contributed by atoms with Gasteiger partial charge in [-0.15, -0.1) is 0 Å². The van der Waals surface area contributed by atoms with Crippen LogP contribution in [0.15, 0.2) is 29.3 Å². The molecule has 0 amide bonds. The van der Waals surface area contributed by atoms with Gasteiger partial charge in [-0.2, -0.15) is 0 Å². The summed E-state index contributed by atoms with van der Waals surface area (Å²) in [5.74, 6) is 3.95. The molecular weight excluding hydrogens is 170 g/mol. The van der Waals surface area contributed by atoms with Gasteiger partial charge in [0.2, 0.25) is 0 Å². The highest BCUT2D eigenvalue weighted by Gasteiger charge is 2.06. The van der Waals surface area contributed by atoms with Crippen molar-refractivity contribution in [1.29, 1.82) is 0 Å². The lowest BCUT2D eigenvalue weighted by Crippen LogP contribution is -2.18.